The van der Waals surface area contributed by atoms with Gasteiger partial charge in [-0.3, -0.25) is 0 Å². The molecule has 0 amide bonds. The van der Waals surface area contributed by atoms with Gasteiger partial charge < -0.3 is 5.32 Å². The zero-order chi connectivity index (χ0) is 7.40. The van der Waals surface area contributed by atoms with Crippen LogP contribution in [0.1, 0.15) is 13.3 Å². The fourth-order valence-corrected chi connectivity index (χ4v) is 1.01. The minimum atomic E-state index is 1.05. The van der Waals surface area contributed by atoms with E-state index in [1.54, 1.807) is 0 Å². The molecule has 0 bridgehead atoms. The van der Waals surface area contributed by atoms with E-state index in [9.17, 15) is 0 Å². The molecule has 0 atom stereocenters. The van der Waals surface area contributed by atoms with Crippen LogP contribution in [-0.2, 0) is 0 Å². The van der Waals surface area contributed by atoms with Gasteiger partial charge in [0.15, 0.2) is 0 Å². The Bertz CT molecular complexity index is 197. The smallest absolute Gasteiger partial charge is 0.0364 e. The third-order valence-electron chi connectivity index (χ3n) is 1.65. The van der Waals surface area contributed by atoms with E-state index in [0.29, 0.717) is 0 Å². The first-order valence-electron chi connectivity index (χ1n) is 3.56. The van der Waals surface area contributed by atoms with Crippen LogP contribution in [0.4, 0.5) is 0 Å². The largest absolute Gasteiger partial charge is 0.388 e. The summed E-state index contributed by atoms with van der Waals surface area (Å²) in [7, 11) is 1.95. The summed E-state index contributed by atoms with van der Waals surface area (Å²) in [6, 6.07) is 0. The molecule has 1 N–H and O–H groups in total. The summed E-state index contributed by atoms with van der Waals surface area (Å²) in [5.74, 6) is 0. The summed E-state index contributed by atoms with van der Waals surface area (Å²) >= 11 is 0. The molecule has 54 valence electrons. The van der Waals surface area contributed by atoms with E-state index in [-0.39, 0.29) is 0 Å². The van der Waals surface area contributed by atoms with Crippen LogP contribution in [-0.4, -0.2) is 7.05 Å². The zero-order valence-electron chi connectivity index (χ0n) is 6.52. The highest BCUT2D eigenvalue weighted by molar-refractivity contribution is 5.33. The molecule has 10 heavy (non-hydrogen) atoms. The molecule has 0 aromatic heterocycles. The second kappa shape index (κ2) is 3.25. The van der Waals surface area contributed by atoms with Crippen molar-refractivity contribution in [2.24, 2.45) is 0 Å². The molecular formula is C9H13N. The monoisotopic (exact) mass is 135 g/mol. The van der Waals surface area contributed by atoms with Gasteiger partial charge in [0.05, 0.1) is 0 Å². The highest BCUT2D eigenvalue weighted by atomic mass is 14.8. The van der Waals surface area contributed by atoms with Gasteiger partial charge in [0.1, 0.15) is 0 Å². The van der Waals surface area contributed by atoms with Crippen LogP contribution in [0.5, 0.6) is 0 Å². The molecule has 0 spiro atoms. The van der Waals surface area contributed by atoms with E-state index in [4.69, 9.17) is 0 Å². The lowest BCUT2D eigenvalue weighted by molar-refractivity contribution is 0.997. The lowest BCUT2D eigenvalue weighted by Gasteiger charge is -2.03. The SMILES string of the molecule is CNC1=CC=CCC=C1C. The van der Waals surface area contributed by atoms with Crippen LogP contribution in [0.3, 0.4) is 0 Å². The molecule has 1 nitrogen and oxygen atoms in total. The van der Waals surface area contributed by atoms with E-state index in [1.165, 1.54) is 11.3 Å². The van der Waals surface area contributed by atoms with E-state index in [0.717, 1.165) is 6.42 Å². The molecule has 0 aliphatic heterocycles. The summed E-state index contributed by atoms with van der Waals surface area (Å²) in [5, 5.41) is 3.14. The molecule has 0 saturated heterocycles. The average Bonchev–Trinajstić information content (AvgIpc) is 2.13. The minimum absolute atomic E-state index is 1.05. The van der Waals surface area contributed by atoms with Crippen LogP contribution >= 0.6 is 0 Å². The second-order valence-electron chi connectivity index (χ2n) is 2.38. The quantitative estimate of drug-likeness (QED) is 0.580. The van der Waals surface area contributed by atoms with Crippen molar-refractivity contribution in [2.75, 3.05) is 7.05 Å². The van der Waals surface area contributed by atoms with Crippen LogP contribution in [0, 0.1) is 0 Å². The first kappa shape index (κ1) is 7.13. The Morgan fingerprint density at radius 1 is 1.50 bits per heavy atom. The maximum Gasteiger partial charge on any atom is 0.0364 e. The van der Waals surface area contributed by atoms with Gasteiger partial charge in [-0.1, -0.05) is 18.2 Å². The highest BCUT2D eigenvalue weighted by Gasteiger charge is 1.95. The lowest BCUT2D eigenvalue weighted by atomic mass is 10.2. The van der Waals surface area contributed by atoms with Gasteiger partial charge in [-0.2, -0.15) is 0 Å². The van der Waals surface area contributed by atoms with Gasteiger partial charge in [-0.25, -0.2) is 0 Å². The topological polar surface area (TPSA) is 12.0 Å². The molecule has 0 aromatic carbocycles. The predicted octanol–water partition coefficient (Wildman–Crippen LogP) is 2.00. The molecule has 0 radical (unpaired) electrons. The van der Waals surface area contributed by atoms with Crippen LogP contribution in [0.25, 0.3) is 0 Å². The zero-order valence-corrected chi connectivity index (χ0v) is 6.52. The van der Waals surface area contributed by atoms with E-state index < -0.39 is 0 Å². The molecule has 0 fully saturated rings. The van der Waals surface area contributed by atoms with Crippen molar-refractivity contribution in [1.82, 2.24) is 5.32 Å². The van der Waals surface area contributed by atoms with Crippen molar-refractivity contribution in [3.63, 3.8) is 0 Å². The number of hydrogen-bond donors (Lipinski definition) is 1. The molecule has 0 heterocycles. The molecule has 0 unspecified atom stereocenters. The molecule has 1 aliphatic rings. The van der Waals surface area contributed by atoms with Crippen LogP contribution in [0.2, 0.25) is 0 Å². The summed E-state index contributed by atoms with van der Waals surface area (Å²) in [6.45, 7) is 2.12. The van der Waals surface area contributed by atoms with Gasteiger partial charge in [0.2, 0.25) is 0 Å². The van der Waals surface area contributed by atoms with E-state index in [1.807, 2.05) is 7.05 Å². The van der Waals surface area contributed by atoms with E-state index >= 15 is 0 Å². The molecular weight excluding hydrogens is 122 g/mol. The lowest BCUT2D eigenvalue weighted by Crippen LogP contribution is -2.05. The second-order valence-corrected chi connectivity index (χ2v) is 2.38. The Balaban J connectivity index is 2.82. The Kier molecular flexibility index (Phi) is 2.32. The van der Waals surface area contributed by atoms with Crippen LogP contribution in [0.15, 0.2) is 35.6 Å². The third kappa shape index (κ3) is 1.50. The van der Waals surface area contributed by atoms with Crippen molar-refractivity contribution < 1.29 is 0 Å². The Labute approximate surface area is 62.1 Å². The van der Waals surface area contributed by atoms with Gasteiger partial charge in [0, 0.05) is 12.7 Å². The summed E-state index contributed by atoms with van der Waals surface area (Å²) in [4.78, 5) is 0. The third-order valence-corrected chi connectivity index (χ3v) is 1.65. The van der Waals surface area contributed by atoms with Crippen molar-refractivity contribution in [3.8, 4) is 0 Å². The number of likely N-dealkylation sites (N-methyl/N-ethyl adjacent to an activating group) is 1. The normalized spacial score (nSPS) is 17.4. The molecule has 1 rings (SSSR count). The summed E-state index contributed by atoms with van der Waals surface area (Å²) < 4.78 is 0. The maximum atomic E-state index is 3.14. The molecule has 1 aliphatic carbocycles. The average molecular weight is 135 g/mol. The fourth-order valence-electron chi connectivity index (χ4n) is 1.01. The first-order valence-corrected chi connectivity index (χ1v) is 3.56. The van der Waals surface area contributed by atoms with Crippen molar-refractivity contribution >= 4 is 0 Å². The van der Waals surface area contributed by atoms with Crippen LogP contribution < -0.4 is 5.32 Å². The van der Waals surface area contributed by atoms with E-state index in [2.05, 4.69) is 36.5 Å². The van der Waals surface area contributed by atoms with Gasteiger partial charge >= 0.3 is 0 Å². The highest BCUT2D eigenvalue weighted by Crippen LogP contribution is 2.09. The molecule has 1 heteroatoms. The molecule has 0 aromatic rings. The van der Waals surface area contributed by atoms with Crippen molar-refractivity contribution in [3.05, 3.63) is 35.6 Å². The number of nitrogens with one attached hydrogen (secondary N) is 1. The number of allylic oxidation sites excluding steroid dienone is 5. The maximum absolute atomic E-state index is 3.14. The standard InChI is InChI=1S/C9H13N/c1-8-6-4-3-5-7-9(8)10-2/h3,5-7,10H,4H2,1-2H3. The van der Waals surface area contributed by atoms with Gasteiger partial charge in [0.25, 0.3) is 0 Å². The Morgan fingerprint density at radius 3 is 3.00 bits per heavy atom. The Morgan fingerprint density at radius 2 is 2.30 bits per heavy atom. The fraction of sp³-hybridized carbons (Fsp3) is 0.333. The molecule has 0 saturated carbocycles. The first-order chi connectivity index (χ1) is 4.84. The summed E-state index contributed by atoms with van der Waals surface area (Å²) in [6.07, 6.45) is 9.59. The minimum Gasteiger partial charge on any atom is -0.388 e. The van der Waals surface area contributed by atoms with Crippen molar-refractivity contribution in [1.29, 1.82) is 0 Å². The number of rotatable bonds is 1. The predicted molar refractivity (Wildman–Crippen MR) is 44.7 cm³/mol. The van der Waals surface area contributed by atoms with Gasteiger partial charge in [-0.05, 0) is 25.0 Å². The Hall–Kier alpha value is -0.980. The number of hydrogen-bond acceptors (Lipinski definition) is 1. The van der Waals surface area contributed by atoms with Crippen molar-refractivity contribution in [2.45, 2.75) is 13.3 Å². The van der Waals surface area contributed by atoms with Gasteiger partial charge in [-0.15, -0.1) is 0 Å². The summed E-state index contributed by atoms with van der Waals surface area (Å²) in [5.41, 5.74) is 2.54.